The standard InChI is InChI=1S/C12H12Br2N4/c1-2-15-11-10(14)12(17-7-16-11)18-9-5-3-8(13)4-6-9/h3-7H,2H2,1H3,(H2,15,16,17,18). The van der Waals surface area contributed by atoms with Crippen LogP contribution in [0.4, 0.5) is 17.3 Å². The minimum atomic E-state index is 0.739. The summed E-state index contributed by atoms with van der Waals surface area (Å²) >= 11 is 6.90. The first kappa shape index (κ1) is 13.3. The van der Waals surface area contributed by atoms with Crippen molar-refractivity contribution >= 4 is 49.2 Å². The number of nitrogens with zero attached hydrogens (tertiary/aromatic N) is 2. The predicted molar refractivity (Wildman–Crippen MR) is 81.3 cm³/mol. The molecule has 94 valence electrons. The Hall–Kier alpha value is -1.14. The third-order valence-electron chi connectivity index (χ3n) is 2.24. The van der Waals surface area contributed by atoms with E-state index < -0.39 is 0 Å². The van der Waals surface area contributed by atoms with Crippen molar-refractivity contribution in [2.24, 2.45) is 0 Å². The zero-order valence-electron chi connectivity index (χ0n) is 9.74. The highest BCUT2D eigenvalue weighted by Crippen LogP contribution is 2.29. The average molecular weight is 372 g/mol. The van der Waals surface area contributed by atoms with Crippen molar-refractivity contribution in [3.8, 4) is 0 Å². The van der Waals surface area contributed by atoms with Crippen molar-refractivity contribution in [1.29, 1.82) is 0 Å². The van der Waals surface area contributed by atoms with Crippen molar-refractivity contribution < 1.29 is 0 Å². The van der Waals surface area contributed by atoms with Crippen LogP contribution in [0.15, 0.2) is 39.5 Å². The molecular formula is C12H12Br2N4. The van der Waals surface area contributed by atoms with Gasteiger partial charge in [-0.3, -0.25) is 0 Å². The van der Waals surface area contributed by atoms with Gasteiger partial charge in [-0.1, -0.05) is 15.9 Å². The van der Waals surface area contributed by atoms with Crippen LogP contribution in [0.25, 0.3) is 0 Å². The van der Waals surface area contributed by atoms with E-state index in [1.165, 1.54) is 6.33 Å². The van der Waals surface area contributed by atoms with E-state index in [1.807, 2.05) is 31.2 Å². The van der Waals surface area contributed by atoms with Gasteiger partial charge < -0.3 is 10.6 Å². The van der Waals surface area contributed by atoms with Gasteiger partial charge >= 0.3 is 0 Å². The Kier molecular flexibility index (Phi) is 4.54. The van der Waals surface area contributed by atoms with E-state index in [1.54, 1.807) is 0 Å². The van der Waals surface area contributed by atoms with E-state index in [9.17, 15) is 0 Å². The number of hydrogen-bond donors (Lipinski definition) is 2. The van der Waals surface area contributed by atoms with Gasteiger partial charge in [-0.25, -0.2) is 9.97 Å². The molecule has 0 saturated heterocycles. The van der Waals surface area contributed by atoms with E-state index >= 15 is 0 Å². The molecule has 0 aliphatic heterocycles. The second kappa shape index (κ2) is 6.15. The van der Waals surface area contributed by atoms with E-state index in [4.69, 9.17) is 0 Å². The molecule has 0 amide bonds. The van der Waals surface area contributed by atoms with E-state index in [0.29, 0.717) is 0 Å². The first-order valence-electron chi connectivity index (χ1n) is 5.47. The highest BCUT2D eigenvalue weighted by molar-refractivity contribution is 9.11. The molecule has 2 rings (SSSR count). The molecule has 0 unspecified atom stereocenters. The minimum Gasteiger partial charge on any atom is -0.369 e. The van der Waals surface area contributed by atoms with Crippen LogP contribution in [0.5, 0.6) is 0 Å². The van der Waals surface area contributed by atoms with Gasteiger partial charge in [0.2, 0.25) is 0 Å². The van der Waals surface area contributed by atoms with Gasteiger partial charge in [0, 0.05) is 16.7 Å². The zero-order chi connectivity index (χ0) is 13.0. The normalized spacial score (nSPS) is 10.2. The Morgan fingerprint density at radius 1 is 1.06 bits per heavy atom. The van der Waals surface area contributed by atoms with Crippen LogP contribution in [0, 0.1) is 0 Å². The molecule has 1 aromatic heterocycles. The summed E-state index contributed by atoms with van der Waals surface area (Å²) in [6.07, 6.45) is 1.53. The van der Waals surface area contributed by atoms with Gasteiger partial charge in [0.25, 0.3) is 0 Å². The molecule has 0 aliphatic carbocycles. The molecule has 2 aromatic rings. The molecule has 0 radical (unpaired) electrons. The van der Waals surface area contributed by atoms with E-state index in [-0.39, 0.29) is 0 Å². The molecule has 0 bridgehead atoms. The van der Waals surface area contributed by atoms with Crippen LogP contribution in [0.2, 0.25) is 0 Å². The average Bonchev–Trinajstić information content (AvgIpc) is 2.37. The molecule has 0 fully saturated rings. The molecule has 0 spiro atoms. The Bertz CT molecular complexity index is 528. The fraction of sp³-hybridized carbons (Fsp3) is 0.167. The number of aromatic nitrogens is 2. The summed E-state index contributed by atoms with van der Waals surface area (Å²) in [5, 5.41) is 6.40. The van der Waals surface area contributed by atoms with Crippen molar-refractivity contribution in [3.05, 3.63) is 39.5 Å². The van der Waals surface area contributed by atoms with Crippen LogP contribution in [0.3, 0.4) is 0 Å². The maximum Gasteiger partial charge on any atom is 0.150 e. The summed E-state index contributed by atoms with van der Waals surface area (Å²) in [5.41, 5.74) is 0.972. The smallest absolute Gasteiger partial charge is 0.150 e. The molecule has 18 heavy (non-hydrogen) atoms. The van der Waals surface area contributed by atoms with E-state index in [2.05, 4.69) is 52.5 Å². The summed E-state index contributed by atoms with van der Waals surface area (Å²) in [7, 11) is 0. The first-order valence-corrected chi connectivity index (χ1v) is 7.06. The lowest BCUT2D eigenvalue weighted by atomic mass is 10.3. The second-order valence-electron chi connectivity index (χ2n) is 3.55. The highest BCUT2D eigenvalue weighted by Gasteiger charge is 2.07. The largest absolute Gasteiger partial charge is 0.369 e. The van der Waals surface area contributed by atoms with Crippen LogP contribution in [-0.2, 0) is 0 Å². The number of benzene rings is 1. The van der Waals surface area contributed by atoms with Crippen molar-refractivity contribution in [3.63, 3.8) is 0 Å². The first-order chi connectivity index (χ1) is 8.70. The summed E-state index contributed by atoms with van der Waals surface area (Å²) in [6, 6.07) is 7.91. The van der Waals surface area contributed by atoms with Gasteiger partial charge in [-0.15, -0.1) is 0 Å². The van der Waals surface area contributed by atoms with Gasteiger partial charge in [0.15, 0.2) is 0 Å². The van der Waals surface area contributed by atoms with Gasteiger partial charge in [0.05, 0.1) is 0 Å². The van der Waals surface area contributed by atoms with E-state index in [0.717, 1.165) is 32.8 Å². The van der Waals surface area contributed by atoms with Crippen LogP contribution in [-0.4, -0.2) is 16.5 Å². The topological polar surface area (TPSA) is 49.8 Å². The Balaban J connectivity index is 2.23. The number of rotatable bonds is 4. The molecule has 0 atom stereocenters. The van der Waals surface area contributed by atoms with Crippen molar-refractivity contribution in [2.45, 2.75) is 6.92 Å². The van der Waals surface area contributed by atoms with Crippen molar-refractivity contribution in [2.75, 3.05) is 17.2 Å². The van der Waals surface area contributed by atoms with Gasteiger partial charge in [-0.05, 0) is 47.1 Å². The monoisotopic (exact) mass is 370 g/mol. The summed E-state index contributed by atoms with van der Waals surface area (Å²) in [6.45, 7) is 2.84. The minimum absolute atomic E-state index is 0.739. The Morgan fingerprint density at radius 3 is 2.39 bits per heavy atom. The Labute approximate surface area is 122 Å². The molecule has 0 saturated carbocycles. The second-order valence-corrected chi connectivity index (χ2v) is 5.26. The third-order valence-corrected chi connectivity index (χ3v) is 3.52. The van der Waals surface area contributed by atoms with Gasteiger partial charge in [-0.2, -0.15) is 0 Å². The lowest BCUT2D eigenvalue weighted by Gasteiger charge is -2.10. The molecule has 0 aliphatic rings. The number of nitrogens with one attached hydrogen (secondary N) is 2. The quantitative estimate of drug-likeness (QED) is 0.846. The fourth-order valence-electron chi connectivity index (χ4n) is 1.42. The molecule has 2 N–H and O–H groups in total. The predicted octanol–water partition coefficient (Wildman–Crippen LogP) is 4.18. The summed E-state index contributed by atoms with van der Waals surface area (Å²) in [5.74, 6) is 1.52. The molecule has 1 heterocycles. The third kappa shape index (κ3) is 3.20. The number of hydrogen-bond acceptors (Lipinski definition) is 4. The Morgan fingerprint density at radius 2 is 1.72 bits per heavy atom. The number of anilines is 3. The lowest BCUT2D eigenvalue weighted by molar-refractivity contribution is 1.10. The maximum atomic E-state index is 4.22. The molecule has 4 nitrogen and oxygen atoms in total. The van der Waals surface area contributed by atoms with Crippen LogP contribution >= 0.6 is 31.9 Å². The molecule has 1 aromatic carbocycles. The highest BCUT2D eigenvalue weighted by atomic mass is 79.9. The molecular weight excluding hydrogens is 360 g/mol. The van der Waals surface area contributed by atoms with Gasteiger partial charge in [0.1, 0.15) is 22.4 Å². The number of halogens is 2. The fourth-order valence-corrected chi connectivity index (χ4v) is 2.13. The summed E-state index contributed by atoms with van der Waals surface area (Å²) in [4.78, 5) is 8.39. The molecule has 6 heteroatoms. The SMILES string of the molecule is CCNc1ncnc(Nc2ccc(Br)cc2)c1Br. The van der Waals surface area contributed by atoms with Crippen LogP contribution < -0.4 is 10.6 Å². The zero-order valence-corrected chi connectivity index (χ0v) is 12.9. The summed E-state index contributed by atoms with van der Waals surface area (Å²) < 4.78 is 1.87. The van der Waals surface area contributed by atoms with Crippen LogP contribution in [0.1, 0.15) is 6.92 Å². The lowest BCUT2D eigenvalue weighted by Crippen LogP contribution is -2.03. The van der Waals surface area contributed by atoms with Crippen molar-refractivity contribution in [1.82, 2.24) is 9.97 Å². The maximum absolute atomic E-state index is 4.22.